The molecule has 0 unspecified atom stereocenters. The van der Waals surface area contributed by atoms with Crippen LogP contribution in [0.2, 0.25) is 0 Å². The Kier molecular flexibility index (Phi) is 4.05. The molecule has 0 aliphatic rings. The zero-order valence-electron chi connectivity index (χ0n) is 14.8. The summed E-state index contributed by atoms with van der Waals surface area (Å²) in [5.41, 5.74) is 5.40. The molecular weight excluding hydrogens is 338 g/mol. The first-order valence-corrected chi connectivity index (χ1v) is 8.89. The zero-order chi connectivity index (χ0) is 18.3. The second kappa shape index (κ2) is 6.39. The van der Waals surface area contributed by atoms with Crippen molar-refractivity contribution in [1.82, 2.24) is 14.8 Å². The van der Waals surface area contributed by atoms with Crippen LogP contribution in [0.5, 0.6) is 0 Å². The lowest BCUT2D eigenvalue weighted by atomic mass is 10.0. The van der Waals surface area contributed by atoms with Gasteiger partial charge in [0.15, 0.2) is 10.6 Å². The number of H-pyrrole nitrogens is 1. The highest BCUT2D eigenvalue weighted by Crippen LogP contribution is 2.30. The van der Waals surface area contributed by atoms with Gasteiger partial charge in [0.25, 0.3) is 0 Å². The molecule has 0 saturated carbocycles. The normalized spacial score (nSPS) is 11.0. The number of hydrogen-bond acceptors (Lipinski definition) is 2. The summed E-state index contributed by atoms with van der Waals surface area (Å²) in [6.07, 6.45) is 0. The molecule has 1 N–H and O–H groups in total. The van der Waals surface area contributed by atoms with E-state index in [4.69, 9.17) is 12.2 Å². The number of benzene rings is 3. The lowest BCUT2D eigenvalue weighted by Crippen LogP contribution is -2.00. The van der Waals surface area contributed by atoms with Crippen LogP contribution in [0, 0.1) is 11.7 Å². The first kappa shape index (κ1) is 16.5. The van der Waals surface area contributed by atoms with Crippen LogP contribution >= 0.6 is 12.2 Å². The smallest absolute Gasteiger partial charge is 0.200 e. The molecule has 26 heavy (non-hydrogen) atoms. The van der Waals surface area contributed by atoms with Gasteiger partial charge < -0.3 is 0 Å². The average molecular weight is 357 g/mol. The fraction of sp³-hybridized carbons (Fsp3) is 0.0909. The fourth-order valence-corrected chi connectivity index (χ4v) is 3.51. The van der Waals surface area contributed by atoms with Crippen molar-refractivity contribution in [3.8, 4) is 17.1 Å². The quantitative estimate of drug-likeness (QED) is 0.450. The van der Waals surface area contributed by atoms with Crippen LogP contribution in [0.25, 0.3) is 33.4 Å². The van der Waals surface area contributed by atoms with E-state index in [1.54, 1.807) is 0 Å². The van der Waals surface area contributed by atoms with Gasteiger partial charge in [0.1, 0.15) is 0 Å². The first-order chi connectivity index (χ1) is 12.6. The molecule has 0 bridgehead atoms. The molecule has 0 fully saturated rings. The van der Waals surface area contributed by atoms with Crippen molar-refractivity contribution in [3.05, 3.63) is 83.1 Å². The van der Waals surface area contributed by atoms with E-state index in [0.717, 1.165) is 39.2 Å². The van der Waals surface area contributed by atoms with E-state index in [1.807, 2.05) is 29.7 Å². The number of rotatable bonds is 3. The molecule has 128 valence electrons. The van der Waals surface area contributed by atoms with Gasteiger partial charge in [-0.25, -0.2) is 0 Å². The molecule has 1 heterocycles. The minimum Gasteiger partial charge on any atom is -0.268 e. The third-order valence-electron chi connectivity index (χ3n) is 4.64. The average Bonchev–Trinajstić information content (AvgIpc) is 3.02. The summed E-state index contributed by atoms with van der Waals surface area (Å²) in [6, 6.07) is 20.8. The predicted octanol–water partition coefficient (Wildman–Crippen LogP) is 6.09. The van der Waals surface area contributed by atoms with Crippen LogP contribution < -0.4 is 0 Å². The monoisotopic (exact) mass is 357 g/mol. The Hall–Kier alpha value is -2.98. The summed E-state index contributed by atoms with van der Waals surface area (Å²) < 4.78 is 2.60. The van der Waals surface area contributed by atoms with E-state index in [0.29, 0.717) is 4.77 Å². The number of aromatic amines is 1. The van der Waals surface area contributed by atoms with Crippen molar-refractivity contribution in [2.45, 2.75) is 13.8 Å². The largest absolute Gasteiger partial charge is 0.268 e. The van der Waals surface area contributed by atoms with Crippen LogP contribution in [0.1, 0.15) is 18.1 Å². The number of fused-ring (bicyclic) bond motifs is 1. The Labute approximate surface area is 157 Å². The highest BCUT2D eigenvalue weighted by molar-refractivity contribution is 7.71. The summed E-state index contributed by atoms with van der Waals surface area (Å²) in [6.45, 7) is 8.13. The number of nitrogens with zero attached hydrogens (tertiary/aromatic N) is 2. The van der Waals surface area contributed by atoms with Gasteiger partial charge in [0, 0.05) is 10.9 Å². The van der Waals surface area contributed by atoms with E-state index in [9.17, 15) is 0 Å². The van der Waals surface area contributed by atoms with Gasteiger partial charge >= 0.3 is 0 Å². The van der Waals surface area contributed by atoms with Gasteiger partial charge in [0.05, 0.1) is 5.69 Å². The number of allylic oxidation sites excluding steroid dienone is 1. The van der Waals surface area contributed by atoms with E-state index < -0.39 is 0 Å². The number of aromatic nitrogens is 3. The van der Waals surface area contributed by atoms with Gasteiger partial charge in [-0.15, -0.1) is 0 Å². The summed E-state index contributed by atoms with van der Waals surface area (Å²) >= 11 is 5.56. The summed E-state index contributed by atoms with van der Waals surface area (Å²) in [7, 11) is 0. The SMILES string of the molecule is C=C(C)c1ccc(-c2n[nH]c(=S)n2-c2cccc3ccccc23)c(C)c1. The Morgan fingerprint density at radius 1 is 1.08 bits per heavy atom. The molecule has 0 radical (unpaired) electrons. The van der Waals surface area contributed by atoms with E-state index in [-0.39, 0.29) is 0 Å². The molecule has 3 aromatic carbocycles. The van der Waals surface area contributed by atoms with Gasteiger partial charge in [-0.3, -0.25) is 9.67 Å². The van der Waals surface area contributed by atoms with E-state index in [1.165, 1.54) is 5.39 Å². The standard InChI is InChI=1S/C22H19N3S/c1-14(2)17-11-12-18(15(3)13-17)21-23-24-22(26)25(21)20-10-6-8-16-7-4-5-9-19(16)20/h4-13H,1H2,2-3H3,(H,24,26). The second-order valence-corrected chi connectivity index (χ2v) is 6.88. The zero-order valence-corrected chi connectivity index (χ0v) is 15.6. The molecule has 0 aliphatic carbocycles. The second-order valence-electron chi connectivity index (χ2n) is 6.50. The van der Waals surface area contributed by atoms with Crippen molar-refractivity contribution < 1.29 is 0 Å². The lowest BCUT2D eigenvalue weighted by Gasteiger charge is -2.12. The van der Waals surface area contributed by atoms with Crippen molar-refractivity contribution in [3.63, 3.8) is 0 Å². The first-order valence-electron chi connectivity index (χ1n) is 8.49. The third-order valence-corrected chi connectivity index (χ3v) is 4.91. The molecule has 4 aromatic rings. The lowest BCUT2D eigenvalue weighted by molar-refractivity contribution is 1.04. The molecule has 0 atom stereocenters. The highest BCUT2D eigenvalue weighted by Gasteiger charge is 2.15. The van der Waals surface area contributed by atoms with Crippen LogP contribution in [0.3, 0.4) is 0 Å². The Morgan fingerprint density at radius 3 is 2.62 bits per heavy atom. The van der Waals surface area contributed by atoms with Crippen molar-refractivity contribution >= 4 is 28.6 Å². The van der Waals surface area contributed by atoms with Crippen LogP contribution in [0.15, 0.2) is 67.2 Å². The van der Waals surface area contributed by atoms with E-state index >= 15 is 0 Å². The molecule has 1 aromatic heterocycles. The van der Waals surface area contributed by atoms with Gasteiger partial charge in [-0.2, -0.15) is 5.10 Å². The van der Waals surface area contributed by atoms with Gasteiger partial charge in [0.2, 0.25) is 0 Å². The van der Waals surface area contributed by atoms with Gasteiger partial charge in [-0.1, -0.05) is 66.7 Å². The third kappa shape index (κ3) is 2.68. The Morgan fingerprint density at radius 2 is 1.85 bits per heavy atom. The minimum absolute atomic E-state index is 0.583. The maximum atomic E-state index is 5.56. The van der Waals surface area contributed by atoms with Crippen molar-refractivity contribution in [1.29, 1.82) is 0 Å². The van der Waals surface area contributed by atoms with Crippen LogP contribution in [0.4, 0.5) is 0 Å². The number of hydrogen-bond donors (Lipinski definition) is 1. The minimum atomic E-state index is 0.583. The molecule has 4 heteroatoms. The number of aryl methyl sites for hydroxylation is 1. The molecule has 4 rings (SSSR count). The molecule has 0 spiro atoms. The predicted molar refractivity (Wildman–Crippen MR) is 111 cm³/mol. The summed E-state index contributed by atoms with van der Waals surface area (Å²) in [4.78, 5) is 0. The Balaban J connectivity index is 1.98. The Bertz CT molecular complexity index is 1190. The fourth-order valence-electron chi connectivity index (χ4n) is 3.28. The topological polar surface area (TPSA) is 33.6 Å². The maximum absolute atomic E-state index is 5.56. The number of nitrogens with one attached hydrogen (secondary N) is 1. The maximum Gasteiger partial charge on any atom is 0.200 e. The van der Waals surface area contributed by atoms with E-state index in [2.05, 4.69) is 66.2 Å². The summed E-state index contributed by atoms with van der Waals surface area (Å²) in [5, 5.41) is 9.81. The molecule has 0 aliphatic heterocycles. The van der Waals surface area contributed by atoms with Crippen molar-refractivity contribution in [2.75, 3.05) is 0 Å². The van der Waals surface area contributed by atoms with Crippen LogP contribution in [-0.2, 0) is 0 Å². The van der Waals surface area contributed by atoms with Crippen LogP contribution in [-0.4, -0.2) is 14.8 Å². The van der Waals surface area contributed by atoms with Crippen molar-refractivity contribution in [2.24, 2.45) is 0 Å². The summed E-state index contributed by atoms with van der Waals surface area (Å²) in [5.74, 6) is 0.817. The molecule has 0 amide bonds. The highest BCUT2D eigenvalue weighted by atomic mass is 32.1. The molecule has 3 nitrogen and oxygen atoms in total. The molecule has 0 saturated heterocycles. The van der Waals surface area contributed by atoms with Gasteiger partial charge in [-0.05, 0) is 48.6 Å². The molecular formula is C22H19N3S.